The second-order valence-corrected chi connectivity index (χ2v) is 5.51. The Morgan fingerprint density at radius 2 is 1.69 bits per heavy atom. The molecule has 0 aromatic heterocycles. The number of carbonyl (C=O) groups is 1. The van der Waals surface area contributed by atoms with Crippen LogP contribution in [0.4, 0.5) is 0 Å². The van der Waals surface area contributed by atoms with E-state index in [2.05, 4.69) is 33.0 Å². The molecule has 0 bridgehead atoms. The van der Waals surface area contributed by atoms with Crippen molar-refractivity contribution in [3.8, 4) is 0 Å². The molecule has 0 atom stereocenters. The fraction of sp³-hybridized carbons (Fsp3) is 0.909. The summed E-state index contributed by atoms with van der Waals surface area (Å²) in [6.45, 7) is 9.75. The molecule has 1 saturated carbocycles. The Hall–Kier alpha value is -0.530. The summed E-state index contributed by atoms with van der Waals surface area (Å²) in [5, 5.41) is 3.01. The van der Waals surface area contributed by atoms with Crippen LogP contribution in [0, 0.1) is 16.2 Å². The van der Waals surface area contributed by atoms with E-state index >= 15 is 0 Å². The zero-order valence-corrected chi connectivity index (χ0v) is 9.03. The highest BCUT2D eigenvalue weighted by molar-refractivity contribution is 5.89. The van der Waals surface area contributed by atoms with Crippen LogP contribution in [-0.4, -0.2) is 12.5 Å². The van der Waals surface area contributed by atoms with Gasteiger partial charge in [0.2, 0.25) is 5.91 Å². The molecule has 1 saturated heterocycles. The molecule has 74 valence electrons. The van der Waals surface area contributed by atoms with Gasteiger partial charge in [0.25, 0.3) is 0 Å². The highest BCUT2D eigenvalue weighted by Gasteiger charge is 2.80. The summed E-state index contributed by atoms with van der Waals surface area (Å²) < 4.78 is 0. The van der Waals surface area contributed by atoms with Crippen LogP contribution in [-0.2, 0) is 4.79 Å². The van der Waals surface area contributed by atoms with E-state index in [0.717, 1.165) is 19.4 Å². The van der Waals surface area contributed by atoms with Crippen LogP contribution in [0.5, 0.6) is 0 Å². The van der Waals surface area contributed by atoms with Gasteiger partial charge in [0, 0.05) is 6.54 Å². The Morgan fingerprint density at radius 3 is 2.00 bits per heavy atom. The topological polar surface area (TPSA) is 29.1 Å². The number of hydrogen-bond acceptors (Lipinski definition) is 1. The normalized spacial score (nSPS) is 32.8. The summed E-state index contributed by atoms with van der Waals surface area (Å²) in [6.07, 6.45) is 2.21. The maximum atomic E-state index is 11.9. The number of rotatable bonds is 0. The Bertz CT molecular complexity index is 251. The van der Waals surface area contributed by atoms with Crippen molar-refractivity contribution >= 4 is 5.91 Å². The number of nitrogens with one attached hydrogen (secondary N) is 1. The Labute approximate surface area is 80.1 Å². The minimum Gasteiger partial charge on any atom is -0.356 e. The summed E-state index contributed by atoms with van der Waals surface area (Å²) in [5.41, 5.74) is 0.271. The minimum absolute atomic E-state index is 0.0712. The van der Waals surface area contributed by atoms with E-state index in [1.807, 2.05) is 0 Å². The first-order valence-electron chi connectivity index (χ1n) is 5.16. The van der Waals surface area contributed by atoms with Crippen LogP contribution >= 0.6 is 0 Å². The molecule has 2 rings (SSSR count). The van der Waals surface area contributed by atoms with Gasteiger partial charge in [0.1, 0.15) is 0 Å². The summed E-state index contributed by atoms with van der Waals surface area (Å²) >= 11 is 0. The third-order valence-corrected chi connectivity index (χ3v) is 5.04. The summed E-state index contributed by atoms with van der Waals surface area (Å²) in [5.74, 6) is 0.286. The minimum atomic E-state index is -0.0712. The SMILES string of the molecule is CC1(C)C(C)(C)C12CCCNC2=O. The smallest absolute Gasteiger partial charge is 0.227 e. The van der Waals surface area contributed by atoms with E-state index in [-0.39, 0.29) is 22.2 Å². The molecule has 2 nitrogen and oxygen atoms in total. The molecular formula is C11H19NO. The van der Waals surface area contributed by atoms with E-state index < -0.39 is 0 Å². The highest BCUT2D eigenvalue weighted by atomic mass is 16.2. The van der Waals surface area contributed by atoms with Crippen LogP contribution in [0.25, 0.3) is 0 Å². The van der Waals surface area contributed by atoms with Gasteiger partial charge in [-0.05, 0) is 23.7 Å². The molecule has 1 amide bonds. The Kier molecular flexibility index (Phi) is 1.46. The van der Waals surface area contributed by atoms with Crippen molar-refractivity contribution in [1.29, 1.82) is 0 Å². The number of amides is 1. The summed E-state index contributed by atoms with van der Waals surface area (Å²) in [7, 11) is 0. The quantitative estimate of drug-likeness (QED) is 0.608. The lowest BCUT2D eigenvalue weighted by Crippen LogP contribution is -2.41. The van der Waals surface area contributed by atoms with E-state index in [1.165, 1.54) is 0 Å². The third-order valence-electron chi connectivity index (χ3n) is 5.04. The largest absolute Gasteiger partial charge is 0.356 e. The predicted molar refractivity (Wildman–Crippen MR) is 52.2 cm³/mol. The average molecular weight is 181 g/mol. The van der Waals surface area contributed by atoms with Crippen molar-refractivity contribution in [2.24, 2.45) is 16.2 Å². The molecule has 0 aromatic carbocycles. The molecule has 2 aliphatic rings. The van der Waals surface area contributed by atoms with Crippen LogP contribution in [0.2, 0.25) is 0 Å². The van der Waals surface area contributed by atoms with Crippen molar-refractivity contribution in [3.05, 3.63) is 0 Å². The first-order valence-corrected chi connectivity index (χ1v) is 5.16. The molecule has 13 heavy (non-hydrogen) atoms. The first kappa shape index (κ1) is 9.04. The molecular weight excluding hydrogens is 162 g/mol. The standard InChI is InChI=1S/C11H19NO/c1-9(2)10(3,4)11(9)6-5-7-12-8(11)13/h5-7H2,1-4H3,(H,12,13). The van der Waals surface area contributed by atoms with Gasteiger partial charge in [-0.2, -0.15) is 0 Å². The van der Waals surface area contributed by atoms with Crippen molar-refractivity contribution in [1.82, 2.24) is 5.32 Å². The van der Waals surface area contributed by atoms with E-state index in [0.29, 0.717) is 0 Å². The Balaban J connectivity index is 2.38. The van der Waals surface area contributed by atoms with Gasteiger partial charge in [0.15, 0.2) is 0 Å². The lowest BCUT2D eigenvalue weighted by atomic mass is 9.85. The van der Waals surface area contributed by atoms with E-state index in [1.54, 1.807) is 0 Å². The maximum Gasteiger partial charge on any atom is 0.227 e. The van der Waals surface area contributed by atoms with Crippen LogP contribution in [0.1, 0.15) is 40.5 Å². The molecule has 1 heterocycles. The lowest BCUT2D eigenvalue weighted by Gasteiger charge is -2.26. The van der Waals surface area contributed by atoms with Gasteiger partial charge in [-0.25, -0.2) is 0 Å². The van der Waals surface area contributed by atoms with E-state index in [9.17, 15) is 4.79 Å². The van der Waals surface area contributed by atoms with Crippen LogP contribution < -0.4 is 5.32 Å². The zero-order valence-electron chi connectivity index (χ0n) is 9.03. The van der Waals surface area contributed by atoms with E-state index in [4.69, 9.17) is 0 Å². The highest BCUT2D eigenvalue weighted by Crippen LogP contribution is 2.80. The monoisotopic (exact) mass is 181 g/mol. The van der Waals surface area contributed by atoms with Crippen LogP contribution in [0.3, 0.4) is 0 Å². The second-order valence-electron chi connectivity index (χ2n) is 5.51. The fourth-order valence-electron chi connectivity index (χ4n) is 3.44. The van der Waals surface area contributed by atoms with Crippen molar-refractivity contribution in [2.45, 2.75) is 40.5 Å². The van der Waals surface area contributed by atoms with Gasteiger partial charge in [-0.3, -0.25) is 4.79 Å². The Morgan fingerprint density at radius 1 is 1.15 bits per heavy atom. The summed E-state index contributed by atoms with van der Waals surface area (Å²) in [4.78, 5) is 11.9. The second kappa shape index (κ2) is 2.10. The molecule has 1 spiro atoms. The number of piperidine rings is 1. The van der Waals surface area contributed by atoms with Crippen molar-refractivity contribution < 1.29 is 4.79 Å². The predicted octanol–water partition coefficient (Wildman–Crippen LogP) is 1.95. The number of hydrogen-bond donors (Lipinski definition) is 1. The van der Waals surface area contributed by atoms with Gasteiger partial charge in [-0.15, -0.1) is 0 Å². The first-order chi connectivity index (χ1) is 5.88. The molecule has 0 radical (unpaired) electrons. The third kappa shape index (κ3) is 0.695. The van der Waals surface area contributed by atoms with Gasteiger partial charge < -0.3 is 5.32 Å². The lowest BCUT2D eigenvalue weighted by molar-refractivity contribution is -0.130. The van der Waals surface area contributed by atoms with Gasteiger partial charge >= 0.3 is 0 Å². The zero-order chi connectivity index (χ0) is 9.91. The molecule has 2 fully saturated rings. The maximum absolute atomic E-state index is 11.9. The fourth-order valence-corrected chi connectivity index (χ4v) is 3.44. The molecule has 0 unspecified atom stereocenters. The average Bonchev–Trinajstić information content (AvgIpc) is 2.35. The van der Waals surface area contributed by atoms with Crippen molar-refractivity contribution in [3.63, 3.8) is 0 Å². The number of carbonyl (C=O) groups excluding carboxylic acids is 1. The summed E-state index contributed by atoms with van der Waals surface area (Å²) in [6, 6.07) is 0. The molecule has 1 aliphatic heterocycles. The van der Waals surface area contributed by atoms with Gasteiger partial charge in [-0.1, -0.05) is 27.7 Å². The molecule has 2 heteroatoms. The molecule has 1 aliphatic carbocycles. The van der Waals surface area contributed by atoms with Crippen molar-refractivity contribution in [2.75, 3.05) is 6.54 Å². The molecule has 1 N–H and O–H groups in total. The van der Waals surface area contributed by atoms with Crippen LogP contribution in [0.15, 0.2) is 0 Å². The van der Waals surface area contributed by atoms with Gasteiger partial charge in [0.05, 0.1) is 5.41 Å². The molecule has 0 aromatic rings.